The number of nitrogens with one attached hydrogen (secondary N) is 1. The van der Waals surface area contributed by atoms with E-state index in [0.29, 0.717) is 22.0 Å². The van der Waals surface area contributed by atoms with Crippen LogP contribution in [0.5, 0.6) is 0 Å². The maximum Gasteiger partial charge on any atom is 0.256 e. The van der Waals surface area contributed by atoms with Gasteiger partial charge in [-0.05, 0) is 55.0 Å². The second-order valence-electron chi connectivity index (χ2n) is 5.41. The molecule has 0 unspecified atom stereocenters. The molecule has 0 atom stereocenters. The zero-order valence-corrected chi connectivity index (χ0v) is 14.3. The number of halogens is 1. The smallest absolute Gasteiger partial charge is 0.256 e. The molecular formula is C19H15ClN4O. The quantitative estimate of drug-likeness (QED) is 0.766. The van der Waals surface area contributed by atoms with Crippen LogP contribution in [0.4, 0.5) is 5.82 Å². The molecule has 1 aromatic heterocycles. The Balaban J connectivity index is 1.84. The molecule has 1 amide bonds. The van der Waals surface area contributed by atoms with Crippen LogP contribution in [0.3, 0.4) is 0 Å². The molecule has 0 aliphatic carbocycles. The van der Waals surface area contributed by atoms with Gasteiger partial charge in [0.15, 0.2) is 5.82 Å². The number of nitriles is 1. The second-order valence-corrected chi connectivity index (χ2v) is 5.84. The van der Waals surface area contributed by atoms with Crippen molar-refractivity contribution in [1.82, 2.24) is 9.78 Å². The zero-order chi connectivity index (χ0) is 17.8. The Morgan fingerprint density at radius 2 is 1.88 bits per heavy atom. The topological polar surface area (TPSA) is 70.7 Å². The summed E-state index contributed by atoms with van der Waals surface area (Å²) in [6, 6.07) is 17.7. The lowest BCUT2D eigenvalue weighted by Crippen LogP contribution is -2.12. The van der Waals surface area contributed by atoms with Crippen LogP contribution in [-0.4, -0.2) is 15.7 Å². The maximum absolute atomic E-state index is 12.3. The Hall–Kier alpha value is -3.10. The SMILES string of the molecule is CCc1cc(NC(=O)c2ccc(C#N)cc2)nn1-c1ccc(Cl)cc1. The van der Waals surface area contributed by atoms with Crippen molar-refractivity contribution in [2.45, 2.75) is 13.3 Å². The van der Waals surface area contributed by atoms with Crippen molar-refractivity contribution in [1.29, 1.82) is 5.26 Å². The highest BCUT2D eigenvalue weighted by Gasteiger charge is 2.12. The number of rotatable bonds is 4. The lowest BCUT2D eigenvalue weighted by molar-refractivity contribution is 0.102. The number of benzene rings is 2. The minimum Gasteiger partial charge on any atom is -0.305 e. The van der Waals surface area contributed by atoms with Crippen LogP contribution >= 0.6 is 11.6 Å². The number of amides is 1. The number of nitrogens with zero attached hydrogens (tertiary/aromatic N) is 3. The summed E-state index contributed by atoms with van der Waals surface area (Å²) >= 11 is 5.93. The zero-order valence-electron chi connectivity index (χ0n) is 13.5. The summed E-state index contributed by atoms with van der Waals surface area (Å²) in [6.07, 6.45) is 0.766. The van der Waals surface area contributed by atoms with Crippen molar-refractivity contribution >= 4 is 23.3 Å². The van der Waals surface area contributed by atoms with Gasteiger partial charge in [-0.3, -0.25) is 4.79 Å². The van der Waals surface area contributed by atoms with Crippen LogP contribution in [0.2, 0.25) is 5.02 Å². The van der Waals surface area contributed by atoms with Gasteiger partial charge in [0.2, 0.25) is 0 Å². The number of carbonyl (C=O) groups excluding carboxylic acids is 1. The van der Waals surface area contributed by atoms with Gasteiger partial charge in [-0.2, -0.15) is 5.26 Å². The van der Waals surface area contributed by atoms with Gasteiger partial charge in [0, 0.05) is 22.3 Å². The molecule has 0 aliphatic rings. The summed E-state index contributed by atoms with van der Waals surface area (Å²) in [6.45, 7) is 2.02. The van der Waals surface area contributed by atoms with Crippen LogP contribution in [0.1, 0.15) is 28.5 Å². The number of hydrogen-bond acceptors (Lipinski definition) is 3. The summed E-state index contributed by atoms with van der Waals surface area (Å²) in [5, 5.41) is 16.7. The summed E-state index contributed by atoms with van der Waals surface area (Å²) in [5.41, 5.74) is 2.83. The fourth-order valence-corrected chi connectivity index (χ4v) is 2.55. The number of anilines is 1. The normalized spacial score (nSPS) is 10.3. The first-order valence-corrected chi connectivity index (χ1v) is 8.15. The van der Waals surface area contributed by atoms with Crippen molar-refractivity contribution in [3.8, 4) is 11.8 Å². The first-order chi connectivity index (χ1) is 12.1. The lowest BCUT2D eigenvalue weighted by Gasteiger charge is -2.05. The van der Waals surface area contributed by atoms with Gasteiger partial charge in [0.1, 0.15) is 0 Å². The molecule has 3 aromatic rings. The van der Waals surface area contributed by atoms with Crippen LogP contribution in [0, 0.1) is 11.3 Å². The molecule has 6 heteroatoms. The van der Waals surface area contributed by atoms with E-state index in [4.69, 9.17) is 16.9 Å². The number of aromatic nitrogens is 2. The van der Waals surface area contributed by atoms with Gasteiger partial charge in [-0.15, -0.1) is 5.10 Å². The largest absolute Gasteiger partial charge is 0.305 e. The van der Waals surface area contributed by atoms with Crippen molar-refractivity contribution in [2.24, 2.45) is 0 Å². The first-order valence-electron chi connectivity index (χ1n) is 7.77. The third kappa shape index (κ3) is 3.70. The average Bonchev–Trinajstić information content (AvgIpc) is 3.05. The number of aryl methyl sites for hydroxylation is 1. The fourth-order valence-electron chi connectivity index (χ4n) is 2.42. The highest BCUT2D eigenvalue weighted by Crippen LogP contribution is 2.19. The van der Waals surface area contributed by atoms with Crippen LogP contribution in [-0.2, 0) is 6.42 Å². The number of carbonyl (C=O) groups is 1. The van der Waals surface area contributed by atoms with Gasteiger partial charge in [-0.25, -0.2) is 4.68 Å². The molecule has 0 saturated carbocycles. The van der Waals surface area contributed by atoms with Crippen LogP contribution < -0.4 is 5.32 Å². The second kappa shape index (κ2) is 7.20. The van der Waals surface area contributed by atoms with E-state index < -0.39 is 0 Å². The molecule has 124 valence electrons. The Labute approximate surface area is 150 Å². The van der Waals surface area contributed by atoms with E-state index in [1.54, 1.807) is 41.1 Å². The molecule has 0 spiro atoms. The molecule has 0 bridgehead atoms. The molecule has 0 radical (unpaired) electrons. The van der Waals surface area contributed by atoms with Crippen molar-refractivity contribution in [3.63, 3.8) is 0 Å². The van der Waals surface area contributed by atoms with E-state index in [2.05, 4.69) is 10.4 Å². The predicted molar refractivity (Wildman–Crippen MR) is 97.1 cm³/mol. The van der Waals surface area contributed by atoms with E-state index in [0.717, 1.165) is 17.8 Å². The molecule has 0 fully saturated rings. The Morgan fingerprint density at radius 3 is 2.48 bits per heavy atom. The molecule has 5 nitrogen and oxygen atoms in total. The highest BCUT2D eigenvalue weighted by molar-refractivity contribution is 6.30. The van der Waals surface area contributed by atoms with E-state index >= 15 is 0 Å². The molecule has 0 aliphatic heterocycles. The van der Waals surface area contributed by atoms with E-state index in [9.17, 15) is 4.79 Å². The molecule has 0 saturated heterocycles. The first kappa shape index (κ1) is 16.7. The molecule has 3 rings (SSSR count). The van der Waals surface area contributed by atoms with Crippen LogP contribution in [0.25, 0.3) is 5.69 Å². The molecule has 25 heavy (non-hydrogen) atoms. The van der Waals surface area contributed by atoms with Gasteiger partial charge in [-0.1, -0.05) is 18.5 Å². The lowest BCUT2D eigenvalue weighted by atomic mass is 10.1. The minimum absolute atomic E-state index is 0.270. The Bertz CT molecular complexity index is 937. The maximum atomic E-state index is 12.3. The summed E-state index contributed by atoms with van der Waals surface area (Å²) in [7, 11) is 0. The monoisotopic (exact) mass is 350 g/mol. The fraction of sp³-hybridized carbons (Fsp3) is 0.105. The Kier molecular flexibility index (Phi) is 4.82. The molecule has 2 aromatic carbocycles. The standard InChI is InChI=1S/C19H15ClN4O/c1-2-16-11-18(23-24(16)17-9-7-15(20)8-10-17)22-19(25)14-5-3-13(12-21)4-6-14/h3-11H,2H2,1H3,(H,22,23,25). The van der Waals surface area contributed by atoms with E-state index in [-0.39, 0.29) is 5.91 Å². The van der Waals surface area contributed by atoms with Gasteiger partial charge in [0.05, 0.1) is 17.3 Å². The van der Waals surface area contributed by atoms with Gasteiger partial charge in [0.25, 0.3) is 5.91 Å². The summed E-state index contributed by atoms with van der Waals surface area (Å²) in [4.78, 5) is 12.3. The van der Waals surface area contributed by atoms with Crippen molar-refractivity contribution in [2.75, 3.05) is 5.32 Å². The van der Waals surface area contributed by atoms with Gasteiger partial charge >= 0.3 is 0 Å². The summed E-state index contributed by atoms with van der Waals surface area (Å²) in [5.74, 6) is 0.203. The van der Waals surface area contributed by atoms with Crippen molar-refractivity contribution < 1.29 is 4.79 Å². The van der Waals surface area contributed by atoms with Crippen molar-refractivity contribution in [3.05, 3.63) is 76.4 Å². The van der Waals surface area contributed by atoms with Gasteiger partial charge < -0.3 is 5.32 Å². The highest BCUT2D eigenvalue weighted by atomic mass is 35.5. The molecule has 1 N–H and O–H groups in total. The van der Waals surface area contributed by atoms with E-state index in [1.807, 2.05) is 31.2 Å². The molecular weight excluding hydrogens is 336 g/mol. The minimum atomic E-state index is -0.270. The number of hydrogen-bond donors (Lipinski definition) is 1. The Morgan fingerprint density at radius 1 is 1.20 bits per heavy atom. The average molecular weight is 351 g/mol. The van der Waals surface area contributed by atoms with E-state index in [1.165, 1.54) is 0 Å². The molecule has 1 heterocycles. The third-order valence-electron chi connectivity index (χ3n) is 3.73. The predicted octanol–water partition coefficient (Wildman–Crippen LogP) is 4.21. The summed E-state index contributed by atoms with van der Waals surface area (Å²) < 4.78 is 1.78. The van der Waals surface area contributed by atoms with Crippen LogP contribution in [0.15, 0.2) is 54.6 Å². The third-order valence-corrected chi connectivity index (χ3v) is 3.99.